The molecular weight excluding hydrogens is 222 g/mol. The molecule has 0 fully saturated rings. The van der Waals surface area contributed by atoms with E-state index in [4.69, 9.17) is 5.41 Å². The Morgan fingerprint density at radius 2 is 2.33 bits per heavy atom. The maximum absolute atomic E-state index is 7.94. The number of aromatic nitrogens is 1. The first-order valence-electron chi connectivity index (χ1n) is 5.69. The lowest BCUT2D eigenvalue weighted by Crippen LogP contribution is -2.07. The molecule has 1 aromatic rings. The highest BCUT2D eigenvalue weighted by atomic mass is 14.9. The summed E-state index contributed by atoms with van der Waals surface area (Å²) < 4.78 is 0. The van der Waals surface area contributed by atoms with Crippen molar-refractivity contribution < 1.29 is 0 Å². The van der Waals surface area contributed by atoms with Gasteiger partial charge in [0.25, 0.3) is 0 Å². The van der Waals surface area contributed by atoms with Crippen LogP contribution in [0.1, 0.15) is 6.92 Å². The van der Waals surface area contributed by atoms with E-state index in [0.29, 0.717) is 5.71 Å². The number of hydrogen-bond donors (Lipinski definition) is 2. The van der Waals surface area contributed by atoms with E-state index >= 15 is 0 Å². The summed E-state index contributed by atoms with van der Waals surface area (Å²) in [6.07, 6.45) is 10.9. The van der Waals surface area contributed by atoms with E-state index in [1.165, 1.54) is 0 Å². The van der Waals surface area contributed by atoms with Gasteiger partial charge in [-0.2, -0.15) is 0 Å². The van der Waals surface area contributed by atoms with Crippen molar-refractivity contribution in [3.63, 3.8) is 0 Å². The Labute approximate surface area is 107 Å². The van der Waals surface area contributed by atoms with Crippen LogP contribution in [0, 0.1) is 5.41 Å². The van der Waals surface area contributed by atoms with Crippen LogP contribution in [0.2, 0.25) is 0 Å². The Morgan fingerprint density at radius 1 is 1.50 bits per heavy atom. The van der Waals surface area contributed by atoms with E-state index in [0.717, 1.165) is 22.4 Å². The fourth-order valence-electron chi connectivity index (χ4n) is 1.70. The zero-order valence-corrected chi connectivity index (χ0v) is 10.3. The molecule has 1 heterocycles. The Morgan fingerprint density at radius 3 is 3.00 bits per heavy atom. The molecule has 0 spiro atoms. The number of pyridine rings is 1. The van der Waals surface area contributed by atoms with Crippen LogP contribution >= 0.6 is 0 Å². The lowest BCUT2D eigenvalue weighted by molar-refractivity contribution is 1.31. The summed E-state index contributed by atoms with van der Waals surface area (Å²) in [6.45, 7) is 5.88. The van der Waals surface area contributed by atoms with Crippen molar-refractivity contribution in [3.05, 3.63) is 72.3 Å². The van der Waals surface area contributed by atoms with Crippen LogP contribution in [0.15, 0.2) is 72.3 Å². The summed E-state index contributed by atoms with van der Waals surface area (Å²) in [6, 6.07) is 3.79. The van der Waals surface area contributed by atoms with Gasteiger partial charge in [0.1, 0.15) is 0 Å². The quantitative estimate of drug-likeness (QED) is 0.845. The Bertz CT molecular complexity index is 563. The molecule has 2 N–H and O–H groups in total. The van der Waals surface area contributed by atoms with Gasteiger partial charge in [-0.3, -0.25) is 4.98 Å². The number of nitrogens with zero attached hydrogens (tertiary/aromatic N) is 1. The predicted molar refractivity (Wildman–Crippen MR) is 75.7 cm³/mol. The highest BCUT2D eigenvalue weighted by molar-refractivity contribution is 6.11. The molecule has 18 heavy (non-hydrogen) atoms. The summed E-state index contributed by atoms with van der Waals surface area (Å²) >= 11 is 0. The minimum atomic E-state index is 0.479. The lowest BCUT2D eigenvalue weighted by Gasteiger charge is -2.15. The van der Waals surface area contributed by atoms with Crippen molar-refractivity contribution in [2.75, 3.05) is 5.32 Å². The molecule has 1 aliphatic rings. The second-order valence-corrected chi connectivity index (χ2v) is 4.08. The second kappa shape index (κ2) is 5.27. The van der Waals surface area contributed by atoms with Gasteiger partial charge >= 0.3 is 0 Å². The van der Waals surface area contributed by atoms with Crippen LogP contribution in [-0.2, 0) is 0 Å². The van der Waals surface area contributed by atoms with Gasteiger partial charge in [-0.15, -0.1) is 0 Å². The van der Waals surface area contributed by atoms with Crippen LogP contribution in [0.5, 0.6) is 0 Å². The molecule has 0 saturated heterocycles. The first-order valence-corrected chi connectivity index (χ1v) is 5.69. The third-order valence-electron chi connectivity index (χ3n) is 2.61. The Balaban J connectivity index is 2.25. The fourth-order valence-corrected chi connectivity index (χ4v) is 1.70. The van der Waals surface area contributed by atoms with Crippen molar-refractivity contribution in [1.82, 2.24) is 4.98 Å². The third-order valence-corrected chi connectivity index (χ3v) is 2.61. The lowest BCUT2D eigenvalue weighted by atomic mass is 9.93. The van der Waals surface area contributed by atoms with E-state index in [-0.39, 0.29) is 0 Å². The molecule has 0 atom stereocenters. The van der Waals surface area contributed by atoms with Gasteiger partial charge in [-0.05, 0) is 30.7 Å². The zero-order valence-electron chi connectivity index (χ0n) is 10.3. The maximum atomic E-state index is 7.94. The highest BCUT2D eigenvalue weighted by Gasteiger charge is 2.12. The summed E-state index contributed by atoms with van der Waals surface area (Å²) in [7, 11) is 0. The van der Waals surface area contributed by atoms with Gasteiger partial charge in [0.05, 0.1) is 17.6 Å². The Hall–Kier alpha value is -2.42. The number of hydrogen-bond acceptors (Lipinski definition) is 3. The topological polar surface area (TPSA) is 48.8 Å². The smallest absolute Gasteiger partial charge is 0.0632 e. The minimum Gasteiger partial charge on any atom is -0.360 e. The van der Waals surface area contributed by atoms with Gasteiger partial charge < -0.3 is 10.7 Å². The molecule has 0 saturated carbocycles. The molecule has 0 amide bonds. The normalized spacial score (nSPS) is 16.6. The Kier molecular flexibility index (Phi) is 3.53. The standard InChI is InChI=1S/C15H15N3/c1-11(2)13-6-3-7-15(16)14(13)10-18-12-5-4-8-17-9-12/h3-10,16,18H,1H2,2H3/b14-10-,16-15?. The van der Waals surface area contributed by atoms with Crippen LogP contribution in [0.3, 0.4) is 0 Å². The van der Waals surface area contributed by atoms with Crippen LogP contribution < -0.4 is 5.32 Å². The number of allylic oxidation sites excluding steroid dienone is 6. The summed E-state index contributed by atoms with van der Waals surface area (Å²) in [5.74, 6) is 0. The van der Waals surface area contributed by atoms with Crippen LogP contribution in [0.4, 0.5) is 5.69 Å². The second-order valence-electron chi connectivity index (χ2n) is 4.08. The van der Waals surface area contributed by atoms with Crippen molar-refractivity contribution in [2.24, 2.45) is 0 Å². The molecule has 1 aromatic heterocycles. The monoisotopic (exact) mass is 237 g/mol. The van der Waals surface area contributed by atoms with Crippen molar-refractivity contribution in [2.45, 2.75) is 6.92 Å². The van der Waals surface area contributed by atoms with Gasteiger partial charge in [0.2, 0.25) is 0 Å². The zero-order chi connectivity index (χ0) is 13.0. The maximum Gasteiger partial charge on any atom is 0.0632 e. The van der Waals surface area contributed by atoms with Crippen molar-refractivity contribution >= 4 is 11.4 Å². The summed E-state index contributed by atoms with van der Waals surface area (Å²) in [5, 5.41) is 11.1. The molecule has 90 valence electrons. The molecular formula is C15H15N3. The molecule has 0 unspecified atom stereocenters. The SMILES string of the molecule is C=C(C)C1=CC=CC(=N)/C1=C\Nc1cccnc1. The van der Waals surface area contributed by atoms with Crippen LogP contribution in [-0.4, -0.2) is 10.7 Å². The number of anilines is 1. The van der Waals surface area contributed by atoms with Gasteiger partial charge in [0.15, 0.2) is 0 Å². The molecule has 2 rings (SSSR count). The third kappa shape index (κ3) is 2.63. The summed E-state index contributed by atoms with van der Waals surface area (Å²) in [4.78, 5) is 4.03. The average Bonchev–Trinajstić information content (AvgIpc) is 2.38. The van der Waals surface area contributed by atoms with Crippen molar-refractivity contribution in [3.8, 4) is 0 Å². The first kappa shape index (κ1) is 12.0. The van der Waals surface area contributed by atoms with Crippen molar-refractivity contribution in [1.29, 1.82) is 5.41 Å². The van der Waals surface area contributed by atoms with E-state index in [1.807, 2.05) is 37.4 Å². The van der Waals surface area contributed by atoms with Gasteiger partial charge in [-0.1, -0.05) is 24.3 Å². The number of rotatable bonds is 3. The average molecular weight is 237 g/mol. The van der Waals surface area contributed by atoms with Gasteiger partial charge in [0, 0.05) is 18.0 Å². The fraction of sp³-hybridized carbons (Fsp3) is 0.0667. The highest BCUT2D eigenvalue weighted by Crippen LogP contribution is 2.23. The van der Waals surface area contributed by atoms with Gasteiger partial charge in [-0.25, -0.2) is 0 Å². The molecule has 3 heteroatoms. The minimum absolute atomic E-state index is 0.479. The van der Waals surface area contributed by atoms with E-state index < -0.39 is 0 Å². The molecule has 0 aliphatic heterocycles. The molecule has 0 aromatic carbocycles. The molecule has 1 aliphatic carbocycles. The number of nitrogens with one attached hydrogen (secondary N) is 2. The van der Waals surface area contributed by atoms with E-state index in [1.54, 1.807) is 18.5 Å². The molecule has 0 bridgehead atoms. The van der Waals surface area contributed by atoms with Crippen LogP contribution in [0.25, 0.3) is 0 Å². The largest absolute Gasteiger partial charge is 0.360 e. The predicted octanol–water partition coefficient (Wildman–Crippen LogP) is 3.47. The van der Waals surface area contributed by atoms with E-state index in [9.17, 15) is 0 Å². The first-order chi connectivity index (χ1) is 8.68. The van der Waals surface area contributed by atoms with E-state index in [2.05, 4.69) is 16.9 Å². The molecule has 0 radical (unpaired) electrons. The summed E-state index contributed by atoms with van der Waals surface area (Å²) in [5.41, 5.74) is 4.15. The molecule has 3 nitrogen and oxygen atoms in total.